The van der Waals surface area contributed by atoms with Gasteiger partial charge < -0.3 is 84.6 Å². The molecule has 3 aliphatic heterocycles. The van der Waals surface area contributed by atoms with Crippen molar-refractivity contribution in [1.29, 1.82) is 0 Å². The molecule has 19 nitrogen and oxygen atoms in total. The summed E-state index contributed by atoms with van der Waals surface area (Å²) in [6.07, 6.45) is -7.55. The maximum Gasteiger partial charge on any atom is 0.336 e. The standard InChI is InChI=1S/C38H54O19/c1-18(11-7-13-20(3)34(50)56-37-32(48)29(45)26(42)23(16-40)54-37)9-5-6-10-19(2)12-8-14-21(4)35(51)57-38-33(49)30(46)27(43)24(55-38)17-52-36-31(47)28(44)25(41)22(15-39)53-36/h5-14,22-33,36-49H,15-17H2,1-4H3/b6-5+,11-7+,12-8+,18-9+,19-10+,20-13+,21-14+/t22-,23-,24+,25-,26+,27-,28+,29+,30-,31-,32+,33-,36-,37+,38-/m1/s1. The first-order chi connectivity index (χ1) is 26.9. The van der Waals surface area contributed by atoms with Crippen molar-refractivity contribution < 1.29 is 94.2 Å². The molecule has 0 unspecified atom stereocenters. The number of carbonyl (C=O) groups is 2. The zero-order valence-corrected chi connectivity index (χ0v) is 31.7. The molecule has 0 aromatic carbocycles. The van der Waals surface area contributed by atoms with Gasteiger partial charge in [-0.05, 0) is 27.7 Å². The molecular weight excluding hydrogens is 760 g/mol. The summed E-state index contributed by atoms with van der Waals surface area (Å²) in [5, 5.41) is 110. The maximum absolute atomic E-state index is 12.7. The number of allylic oxidation sites excluding steroid dienone is 12. The van der Waals surface area contributed by atoms with Crippen LogP contribution in [0.4, 0.5) is 0 Å². The first kappa shape index (κ1) is 47.9. The summed E-state index contributed by atoms with van der Waals surface area (Å²) in [6.45, 7) is 4.59. The Morgan fingerprint density at radius 1 is 0.474 bits per heavy atom. The molecule has 3 aliphatic rings. The number of hydrogen-bond acceptors (Lipinski definition) is 19. The van der Waals surface area contributed by atoms with Crippen molar-refractivity contribution in [3.8, 4) is 0 Å². The summed E-state index contributed by atoms with van der Waals surface area (Å²) in [5.74, 6) is -1.75. The molecule has 3 heterocycles. The third-order valence-electron chi connectivity index (χ3n) is 9.12. The Morgan fingerprint density at radius 3 is 1.23 bits per heavy atom. The summed E-state index contributed by atoms with van der Waals surface area (Å²) in [6, 6.07) is 0. The average molecular weight is 815 g/mol. The van der Waals surface area contributed by atoms with Crippen LogP contribution in [0, 0.1) is 0 Å². The van der Waals surface area contributed by atoms with Crippen LogP contribution in [0.1, 0.15) is 27.7 Å². The van der Waals surface area contributed by atoms with Crippen molar-refractivity contribution in [1.82, 2.24) is 0 Å². The van der Waals surface area contributed by atoms with Crippen LogP contribution in [0.3, 0.4) is 0 Å². The summed E-state index contributed by atoms with van der Waals surface area (Å²) in [4.78, 5) is 25.2. The lowest BCUT2D eigenvalue weighted by Gasteiger charge is -2.42. The van der Waals surface area contributed by atoms with Gasteiger partial charge in [0.05, 0.1) is 19.8 Å². The Balaban J connectivity index is 1.48. The van der Waals surface area contributed by atoms with Crippen LogP contribution >= 0.6 is 0 Å². The molecule has 19 heteroatoms. The number of hydrogen-bond donors (Lipinski definition) is 11. The predicted molar refractivity (Wildman–Crippen MR) is 195 cm³/mol. The largest absolute Gasteiger partial charge is 0.429 e. The Morgan fingerprint density at radius 2 is 0.825 bits per heavy atom. The maximum atomic E-state index is 12.7. The molecule has 320 valence electrons. The second-order valence-corrected chi connectivity index (χ2v) is 13.7. The van der Waals surface area contributed by atoms with E-state index in [0.717, 1.165) is 11.1 Å². The van der Waals surface area contributed by atoms with Gasteiger partial charge in [-0.3, -0.25) is 0 Å². The van der Waals surface area contributed by atoms with Gasteiger partial charge in [0.25, 0.3) is 0 Å². The molecule has 3 fully saturated rings. The van der Waals surface area contributed by atoms with E-state index in [1.54, 1.807) is 55.5 Å². The number of aliphatic hydroxyl groups excluding tert-OH is 11. The minimum absolute atomic E-state index is 0.0944. The van der Waals surface area contributed by atoms with Crippen molar-refractivity contribution >= 4 is 11.9 Å². The topological polar surface area (TPSA) is 312 Å². The third-order valence-corrected chi connectivity index (χ3v) is 9.12. The summed E-state index contributed by atoms with van der Waals surface area (Å²) in [5.41, 5.74) is 1.86. The van der Waals surface area contributed by atoms with E-state index in [9.17, 15) is 65.8 Å². The minimum atomic E-state index is -1.83. The molecule has 15 atom stereocenters. The lowest BCUT2D eigenvalue weighted by molar-refractivity contribution is -0.326. The monoisotopic (exact) mass is 814 g/mol. The molecule has 0 aliphatic carbocycles. The van der Waals surface area contributed by atoms with E-state index in [-0.39, 0.29) is 11.1 Å². The highest BCUT2D eigenvalue weighted by Gasteiger charge is 2.48. The summed E-state index contributed by atoms with van der Waals surface area (Å²) < 4.78 is 31.6. The highest BCUT2D eigenvalue weighted by atomic mass is 16.7. The SMILES string of the molecule is CC(/C=C/C=C(\C)C(=O)O[C@@H]1O[C@H](CO)[C@H](O)[C@H](O)[C@@H]1O)=C\C=C\C=C(C)\C=C\C=C(/C)C(=O)O[C@H]1O[C@@H](CO[C@@H]2O[C@H](CO)[C@@H](O)[C@H](O)[C@H]2O)[C@@H](O)[C@@H](O)[C@H]1O. The fourth-order valence-corrected chi connectivity index (χ4v) is 5.46. The highest BCUT2D eigenvalue weighted by Crippen LogP contribution is 2.27. The van der Waals surface area contributed by atoms with Gasteiger partial charge in [0.1, 0.15) is 73.2 Å². The molecule has 11 N–H and O–H groups in total. The smallest absolute Gasteiger partial charge is 0.336 e. The molecule has 0 radical (unpaired) electrons. The first-order valence-corrected chi connectivity index (χ1v) is 18.0. The quantitative estimate of drug-likeness (QED) is 0.0445. The van der Waals surface area contributed by atoms with Gasteiger partial charge in [0, 0.05) is 11.1 Å². The highest BCUT2D eigenvalue weighted by molar-refractivity contribution is 5.88. The molecule has 57 heavy (non-hydrogen) atoms. The van der Waals surface area contributed by atoms with Crippen molar-refractivity contribution in [2.75, 3.05) is 19.8 Å². The van der Waals surface area contributed by atoms with Crippen LogP contribution in [-0.4, -0.2) is 180 Å². The molecule has 0 aromatic rings. The zero-order valence-electron chi connectivity index (χ0n) is 31.7. The molecule has 0 aromatic heterocycles. The predicted octanol–water partition coefficient (Wildman–Crippen LogP) is -3.05. The second-order valence-electron chi connectivity index (χ2n) is 13.7. The lowest BCUT2D eigenvalue weighted by atomic mass is 9.98. The van der Waals surface area contributed by atoms with Crippen molar-refractivity contribution in [2.45, 2.75) is 120 Å². The number of rotatable bonds is 15. The van der Waals surface area contributed by atoms with Crippen molar-refractivity contribution in [3.05, 3.63) is 83.1 Å². The van der Waals surface area contributed by atoms with E-state index in [2.05, 4.69) is 0 Å². The molecule has 0 amide bonds. The summed E-state index contributed by atoms with van der Waals surface area (Å²) in [7, 11) is 0. The fraction of sp³-hybridized carbons (Fsp3) is 0.579. The first-order valence-electron chi connectivity index (χ1n) is 18.0. The minimum Gasteiger partial charge on any atom is -0.429 e. The normalized spacial score (nSPS) is 37.6. The molecule has 3 saturated heterocycles. The van der Waals surface area contributed by atoms with Crippen LogP contribution in [0.25, 0.3) is 0 Å². The van der Waals surface area contributed by atoms with Gasteiger partial charge in [0.2, 0.25) is 12.6 Å². The number of esters is 2. The molecule has 0 saturated carbocycles. The second kappa shape index (κ2) is 22.6. The number of ether oxygens (including phenoxy) is 6. The lowest BCUT2D eigenvalue weighted by Crippen LogP contribution is -2.61. The summed E-state index contributed by atoms with van der Waals surface area (Å²) >= 11 is 0. The van der Waals surface area contributed by atoms with E-state index < -0.39 is 124 Å². The van der Waals surface area contributed by atoms with Crippen LogP contribution in [0.15, 0.2) is 83.1 Å². The zero-order chi connectivity index (χ0) is 42.6. The van der Waals surface area contributed by atoms with Crippen LogP contribution in [0.5, 0.6) is 0 Å². The van der Waals surface area contributed by atoms with Crippen molar-refractivity contribution in [3.63, 3.8) is 0 Å². The Labute approximate surface area is 328 Å². The Hall–Kier alpha value is -3.48. The van der Waals surface area contributed by atoms with Crippen molar-refractivity contribution in [2.24, 2.45) is 0 Å². The molecule has 3 rings (SSSR count). The van der Waals surface area contributed by atoms with E-state index in [1.165, 1.54) is 26.0 Å². The Kier molecular flexibility index (Phi) is 19.0. The number of aliphatic hydroxyl groups is 11. The van der Waals surface area contributed by atoms with E-state index in [1.807, 2.05) is 6.92 Å². The van der Waals surface area contributed by atoms with E-state index in [0.29, 0.717) is 0 Å². The molecular formula is C38H54O19. The van der Waals surface area contributed by atoms with Gasteiger partial charge in [0.15, 0.2) is 6.29 Å². The fourth-order valence-electron chi connectivity index (χ4n) is 5.46. The van der Waals surface area contributed by atoms with Gasteiger partial charge >= 0.3 is 11.9 Å². The van der Waals surface area contributed by atoms with Crippen LogP contribution < -0.4 is 0 Å². The van der Waals surface area contributed by atoms with Gasteiger partial charge in [-0.1, -0.05) is 71.9 Å². The van der Waals surface area contributed by atoms with E-state index >= 15 is 0 Å². The van der Waals surface area contributed by atoms with Crippen LogP contribution in [-0.2, 0) is 38.0 Å². The average Bonchev–Trinajstić information content (AvgIpc) is 3.18. The van der Waals surface area contributed by atoms with Gasteiger partial charge in [-0.15, -0.1) is 0 Å². The van der Waals surface area contributed by atoms with Gasteiger partial charge in [-0.25, -0.2) is 9.59 Å². The molecule has 0 bridgehead atoms. The van der Waals surface area contributed by atoms with E-state index in [4.69, 9.17) is 28.4 Å². The van der Waals surface area contributed by atoms with Crippen LogP contribution in [0.2, 0.25) is 0 Å². The van der Waals surface area contributed by atoms with Gasteiger partial charge in [-0.2, -0.15) is 0 Å². The molecule has 0 spiro atoms. The third kappa shape index (κ3) is 13.3. The number of carbonyl (C=O) groups excluding carboxylic acids is 2. The Bertz CT molecular complexity index is 1550.